The summed E-state index contributed by atoms with van der Waals surface area (Å²) in [5.74, 6) is 0.136. The van der Waals surface area contributed by atoms with Gasteiger partial charge < -0.3 is 14.6 Å². The van der Waals surface area contributed by atoms with Crippen LogP contribution in [0.5, 0.6) is 0 Å². The monoisotopic (exact) mass is 456 g/mol. The van der Waals surface area contributed by atoms with E-state index in [1.807, 2.05) is 12.1 Å². The van der Waals surface area contributed by atoms with E-state index in [1.165, 1.54) is 6.20 Å². The van der Waals surface area contributed by atoms with Gasteiger partial charge in [-0.15, -0.1) is 0 Å². The third kappa shape index (κ3) is 4.01. The Morgan fingerprint density at radius 1 is 1.33 bits per heavy atom. The average Bonchev–Trinajstić information content (AvgIpc) is 3.31. The van der Waals surface area contributed by atoms with E-state index in [2.05, 4.69) is 16.4 Å². The van der Waals surface area contributed by atoms with Crippen LogP contribution < -0.4 is 5.32 Å². The molecular weight excluding hydrogens is 433 g/mol. The van der Waals surface area contributed by atoms with Gasteiger partial charge in [0.25, 0.3) is 5.91 Å². The Hall–Kier alpha value is -3.54. The molecule has 0 bridgehead atoms. The van der Waals surface area contributed by atoms with Crippen LogP contribution in [-0.4, -0.2) is 34.6 Å². The van der Waals surface area contributed by atoms with Crippen molar-refractivity contribution in [1.29, 1.82) is 5.26 Å². The van der Waals surface area contributed by atoms with Gasteiger partial charge >= 0.3 is 6.18 Å². The number of alkyl halides is 3. The number of allylic oxidation sites excluding steroid dienone is 2. The molecule has 1 atom stereocenters. The molecule has 4 rings (SSSR count). The van der Waals surface area contributed by atoms with Crippen molar-refractivity contribution < 1.29 is 22.4 Å². The fraction of sp³-hybridized carbons (Fsp3) is 0.375. The lowest BCUT2D eigenvalue weighted by Gasteiger charge is -2.28. The summed E-state index contributed by atoms with van der Waals surface area (Å²) in [6, 6.07) is 7.65. The molecule has 0 radical (unpaired) electrons. The molecule has 2 aliphatic heterocycles. The average molecular weight is 456 g/mol. The van der Waals surface area contributed by atoms with E-state index >= 15 is 0 Å². The van der Waals surface area contributed by atoms with E-state index in [4.69, 9.17) is 4.42 Å². The second kappa shape index (κ2) is 7.51. The van der Waals surface area contributed by atoms with E-state index in [0.29, 0.717) is 28.9 Å². The summed E-state index contributed by atoms with van der Waals surface area (Å²) in [7, 11) is 1.72. The highest BCUT2D eigenvalue weighted by molar-refractivity contribution is 6.01. The van der Waals surface area contributed by atoms with Crippen molar-refractivity contribution in [3.63, 3.8) is 0 Å². The molecule has 2 aromatic rings. The van der Waals surface area contributed by atoms with Gasteiger partial charge in [0, 0.05) is 31.1 Å². The molecule has 1 unspecified atom stereocenters. The molecule has 6 nitrogen and oxygen atoms in total. The number of amides is 1. The fourth-order valence-corrected chi connectivity index (χ4v) is 3.80. The summed E-state index contributed by atoms with van der Waals surface area (Å²) in [4.78, 5) is 18.2. The molecule has 0 aliphatic carbocycles. The molecule has 1 amide bonds. The molecule has 0 saturated heterocycles. The highest BCUT2D eigenvalue weighted by atomic mass is 19.4. The lowest BCUT2D eigenvalue weighted by molar-refractivity contribution is -0.212. The molecule has 3 heterocycles. The minimum atomic E-state index is -4.41. The molecule has 9 heteroatoms. The molecule has 1 aromatic carbocycles. The number of nitrogens with one attached hydrogen (secondary N) is 1. The first-order valence-corrected chi connectivity index (χ1v) is 10.4. The van der Waals surface area contributed by atoms with Gasteiger partial charge in [-0.1, -0.05) is 26.0 Å². The molecular formula is C24H23F3N4O2. The fourth-order valence-electron chi connectivity index (χ4n) is 3.80. The first-order chi connectivity index (χ1) is 15.3. The van der Waals surface area contributed by atoms with E-state index in [0.717, 1.165) is 19.4 Å². The van der Waals surface area contributed by atoms with Crippen molar-refractivity contribution in [3.8, 4) is 6.07 Å². The van der Waals surface area contributed by atoms with Gasteiger partial charge in [0.15, 0.2) is 11.7 Å². The lowest BCUT2D eigenvalue weighted by Crippen LogP contribution is -2.39. The molecule has 1 aromatic heterocycles. The Labute approximate surface area is 189 Å². The van der Waals surface area contributed by atoms with Crippen LogP contribution in [-0.2, 0) is 13.0 Å². The van der Waals surface area contributed by atoms with Crippen molar-refractivity contribution in [1.82, 2.24) is 15.2 Å². The predicted octanol–water partition coefficient (Wildman–Crippen LogP) is 4.70. The summed E-state index contributed by atoms with van der Waals surface area (Å²) in [6.45, 7) is 4.41. The van der Waals surface area contributed by atoms with Crippen molar-refractivity contribution >= 4 is 17.2 Å². The number of aromatic nitrogens is 1. The van der Waals surface area contributed by atoms with Crippen molar-refractivity contribution in [2.45, 2.75) is 45.5 Å². The normalized spacial score (nSPS) is 20.7. The summed E-state index contributed by atoms with van der Waals surface area (Å²) >= 11 is 0. The van der Waals surface area contributed by atoms with Crippen LogP contribution in [0.4, 0.5) is 13.2 Å². The number of carbonyl (C=O) groups excluding carboxylic acids is 1. The van der Waals surface area contributed by atoms with Crippen molar-refractivity contribution in [3.05, 3.63) is 64.9 Å². The SMILES string of the molecule is CN1Cc2ccc(C3=C(c4cnc(CC(C)(C)C(F)(F)F)o4)C=CC(C)(C#N)N3)cc2C1=O. The number of hydrogen-bond acceptors (Lipinski definition) is 5. The van der Waals surface area contributed by atoms with E-state index in [1.54, 1.807) is 37.1 Å². The molecule has 2 aliphatic rings. The first-order valence-electron chi connectivity index (χ1n) is 10.4. The number of rotatable bonds is 4. The second-order valence-corrected chi connectivity index (χ2v) is 9.27. The minimum Gasteiger partial charge on any atom is -0.441 e. The molecule has 0 saturated carbocycles. The number of hydrogen-bond donors (Lipinski definition) is 1. The molecule has 172 valence electrons. The Bertz CT molecular complexity index is 1230. The Morgan fingerprint density at radius 3 is 2.73 bits per heavy atom. The Balaban J connectivity index is 1.77. The summed E-state index contributed by atoms with van der Waals surface area (Å²) in [6.07, 6.45) is -0.0944. The highest BCUT2D eigenvalue weighted by Gasteiger charge is 2.48. The maximum atomic E-state index is 13.3. The van der Waals surface area contributed by atoms with Crippen molar-refractivity contribution in [2.75, 3.05) is 7.05 Å². The number of dihydropyridines is 1. The summed E-state index contributed by atoms with van der Waals surface area (Å²) < 4.78 is 45.6. The Morgan fingerprint density at radius 2 is 2.06 bits per heavy atom. The zero-order chi connectivity index (χ0) is 24.2. The number of fused-ring (bicyclic) bond motifs is 1. The van der Waals surface area contributed by atoms with Gasteiger partial charge in [-0.3, -0.25) is 4.79 Å². The van der Waals surface area contributed by atoms with E-state index < -0.39 is 23.6 Å². The van der Waals surface area contributed by atoms with Crippen molar-refractivity contribution in [2.24, 2.45) is 5.41 Å². The van der Waals surface area contributed by atoms with Crippen LogP contribution in [0.3, 0.4) is 0 Å². The standard InChI is InChI=1S/C24H23F3N4O2/c1-22(2,24(25,26)27)10-19-29-11-18(33-19)16-7-8-23(3,13-28)30-20(16)14-5-6-15-12-31(4)21(32)17(15)9-14/h5-9,11,30H,10,12H2,1-4H3. The predicted molar refractivity (Wildman–Crippen MR) is 115 cm³/mol. The zero-order valence-corrected chi connectivity index (χ0v) is 18.7. The van der Waals surface area contributed by atoms with Gasteiger partial charge in [-0.05, 0) is 36.3 Å². The lowest BCUT2D eigenvalue weighted by atomic mass is 9.88. The van der Waals surface area contributed by atoms with E-state index in [9.17, 15) is 23.2 Å². The zero-order valence-electron chi connectivity index (χ0n) is 18.7. The maximum Gasteiger partial charge on any atom is 0.394 e. The largest absolute Gasteiger partial charge is 0.441 e. The smallest absolute Gasteiger partial charge is 0.394 e. The minimum absolute atomic E-state index is 0.0352. The van der Waals surface area contributed by atoms with Gasteiger partial charge in [0.05, 0.1) is 23.4 Å². The third-order valence-corrected chi connectivity index (χ3v) is 6.03. The number of benzene rings is 1. The van der Waals surface area contributed by atoms with Gasteiger partial charge in [0.1, 0.15) is 5.54 Å². The van der Waals surface area contributed by atoms with Crippen LogP contribution in [0.25, 0.3) is 11.3 Å². The van der Waals surface area contributed by atoms with E-state index in [-0.39, 0.29) is 17.6 Å². The molecule has 1 N–H and O–H groups in total. The molecule has 0 fully saturated rings. The number of oxazole rings is 1. The number of carbonyl (C=O) groups is 1. The number of halogens is 3. The quantitative estimate of drug-likeness (QED) is 0.721. The van der Waals surface area contributed by atoms with Gasteiger partial charge in [-0.2, -0.15) is 18.4 Å². The summed E-state index contributed by atoms with van der Waals surface area (Å²) in [5.41, 5.74) is 0.181. The van der Waals surface area contributed by atoms with Crippen LogP contribution in [0.1, 0.15) is 53.9 Å². The first kappa shape index (κ1) is 22.6. The van der Waals surface area contributed by atoms with Crippen LogP contribution in [0, 0.1) is 16.7 Å². The van der Waals surface area contributed by atoms with Crippen LogP contribution in [0.15, 0.2) is 41.0 Å². The van der Waals surface area contributed by atoms with Crippen LogP contribution >= 0.6 is 0 Å². The van der Waals surface area contributed by atoms with Gasteiger partial charge in [-0.25, -0.2) is 4.98 Å². The maximum absolute atomic E-state index is 13.3. The topological polar surface area (TPSA) is 82.2 Å². The third-order valence-electron chi connectivity index (χ3n) is 6.03. The van der Waals surface area contributed by atoms with Crippen LogP contribution in [0.2, 0.25) is 0 Å². The Kier molecular flexibility index (Phi) is 5.15. The number of nitrogens with zero attached hydrogens (tertiary/aromatic N) is 3. The highest BCUT2D eigenvalue weighted by Crippen LogP contribution is 2.41. The molecule has 33 heavy (non-hydrogen) atoms. The molecule has 0 spiro atoms. The number of nitriles is 1. The van der Waals surface area contributed by atoms with Gasteiger partial charge in [0.2, 0.25) is 0 Å². The summed E-state index contributed by atoms with van der Waals surface area (Å²) in [5, 5.41) is 12.8. The second-order valence-electron chi connectivity index (χ2n) is 9.27.